The normalized spacial score (nSPS) is 12.0. The highest BCUT2D eigenvalue weighted by Crippen LogP contribution is 2.38. The van der Waals surface area contributed by atoms with E-state index < -0.39 is 11.5 Å². The second-order valence-corrected chi connectivity index (χ2v) is 7.73. The van der Waals surface area contributed by atoms with Crippen LogP contribution in [0.4, 0.5) is 0 Å². The first kappa shape index (κ1) is 15.9. The number of nitrogens with zero attached hydrogens (tertiary/aromatic N) is 2. The third kappa shape index (κ3) is 2.40. The van der Waals surface area contributed by atoms with Crippen LogP contribution >= 0.6 is 22.7 Å². The zero-order valence-corrected chi connectivity index (χ0v) is 14.6. The van der Waals surface area contributed by atoms with Gasteiger partial charge in [0, 0.05) is 15.3 Å². The highest BCUT2D eigenvalue weighted by molar-refractivity contribution is 7.20. The average Bonchev–Trinajstić information content (AvgIpc) is 3.13. The Morgan fingerprint density at radius 1 is 1.43 bits per heavy atom. The van der Waals surface area contributed by atoms with Gasteiger partial charge in [0.25, 0.3) is 5.56 Å². The molecule has 23 heavy (non-hydrogen) atoms. The minimum absolute atomic E-state index is 0.304. The fourth-order valence-corrected chi connectivity index (χ4v) is 4.42. The Hall–Kier alpha value is -1.99. The van der Waals surface area contributed by atoms with Crippen LogP contribution in [-0.4, -0.2) is 20.6 Å². The number of thiophene rings is 2. The minimum Gasteiger partial charge on any atom is -0.480 e. The van der Waals surface area contributed by atoms with Crippen molar-refractivity contribution in [1.82, 2.24) is 9.55 Å². The number of rotatable bonds is 4. The number of aliphatic carboxylic acids is 1. The Bertz CT molecular complexity index is 936. The van der Waals surface area contributed by atoms with Crippen molar-refractivity contribution in [2.45, 2.75) is 32.7 Å². The SMILES string of the molecule is CCc1sc2ncn(C(C)(C)C(=O)O)c(=O)c2c1-c1cccs1. The molecule has 5 nitrogen and oxygen atoms in total. The lowest BCUT2D eigenvalue weighted by molar-refractivity contribution is -0.145. The van der Waals surface area contributed by atoms with Crippen LogP contribution in [0.3, 0.4) is 0 Å². The van der Waals surface area contributed by atoms with E-state index in [0.717, 1.165) is 21.7 Å². The molecule has 0 bridgehead atoms. The minimum atomic E-state index is -1.35. The Labute approximate surface area is 140 Å². The third-order valence-electron chi connectivity index (χ3n) is 3.90. The lowest BCUT2D eigenvalue weighted by Gasteiger charge is -2.21. The Morgan fingerprint density at radius 2 is 2.17 bits per heavy atom. The second kappa shape index (κ2) is 5.58. The summed E-state index contributed by atoms with van der Waals surface area (Å²) in [6.45, 7) is 5.05. The zero-order chi connectivity index (χ0) is 16.8. The molecule has 3 rings (SSSR count). The predicted molar refractivity (Wildman–Crippen MR) is 93.5 cm³/mol. The van der Waals surface area contributed by atoms with Crippen molar-refractivity contribution in [3.63, 3.8) is 0 Å². The van der Waals surface area contributed by atoms with E-state index in [-0.39, 0.29) is 5.56 Å². The van der Waals surface area contributed by atoms with Crippen molar-refractivity contribution in [3.8, 4) is 10.4 Å². The Kier molecular flexibility index (Phi) is 3.85. The molecule has 0 saturated heterocycles. The molecular formula is C16H16N2O3S2. The lowest BCUT2D eigenvalue weighted by Crippen LogP contribution is -2.42. The van der Waals surface area contributed by atoms with Gasteiger partial charge in [-0.15, -0.1) is 22.7 Å². The molecule has 0 amide bonds. The summed E-state index contributed by atoms with van der Waals surface area (Å²) in [5.41, 5.74) is -0.753. The molecule has 0 aliphatic heterocycles. The molecule has 0 saturated carbocycles. The van der Waals surface area contributed by atoms with Gasteiger partial charge < -0.3 is 5.11 Å². The average molecular weight is 348 g/mol. The van der Waals surface area contributed by atoms with Gasteiger partial charge in [-0.25, -0.2) is 9.78 Å². The van der Waals surface area contributed by atoms with E-state index in [0.29, 0.717) is 10.2 Å². The number of fused-ring (bicyclic) bond motifs is 1. The molecule has 3 heterocycles. The first-order valence-corrected chi connectivity index (χ1v) is 8.88. The van der Waals surface area contributed by atoms with E-state index in [9.17, 15) is 14.7 Å². The number of hydrogen-bond acceptors (Lipinski definition) is 5. The molecular weight excluding hydrogens is 332 g/mol. The first-order valence-electron chi connectivity index (χ1n) is 7.18. The van der Waals surface area contributed by atoms with Crippen LogP contribution in [-0.2, 0) is 16.8 Å². The highest BCUT2D eigenvalue weighted by atomic mass is 32.1. The predicted octanol–water partition coefficient (Wildman–Crippen LogP) is 3.57. The molecule has 0 atom stereocenters. The van der Waals surface area contributed by atoms with Crippen molar-refractivity contribution < 1.29 is 9.90 Å². The fraction of sp³-hybridized carbons (Fsp3) is 0.312. The van der Waals surface area contributed by atoms with Crippen molar-refractivity contribution in [2.24, 2.45) is 0 Å². The fourth-order valence-electron chi connectivity index (χ4n) is 2.47. The number of carboxylic acid groups (broad SMARTS) is 1. The Balaban J connectivity index is 2.40. The molecule has 3 aromatic rings. The van der Waals surface area contributed by atoms with Crippen LogP contribution in [0, 0.1) is 0 Å². The van der Waals surface area contributed by atoms with Gasteiger partial charge in [-0.3, -0.25) is 9.36 Å². The maximum Gasteiger partial charge on any atom is 0.329 e. The zero-order valence-electron chi connectivity index (χ0n) is 13.0. The van der Waals surface area contributed by atoms with Crippen LogP contribution in [0.15, 0.2) is 28.6 Å². The topological polar surface area (TPSA) is 72.2 Å². The quantitative estimate of drug-likeness (QED) is 0.782. The van der Waals surface area contributed by atoms with E-state index in [4.69, 9.17) is 0 Å². The van der Waals surface area contributed by atoms with Crippen molar-refractivity contribution in [1.29, 1.82) is 0 Å². The molecule has 0 spiro atoms. The molecule has 0 fully saturated rings. The standard InChI is InChI=1S/C16H16N2O3S2/c1-4-9-11(10-6-5-7-22-10)12-13(23-9)17-8-18(14(12)19)16(2,3)15(20)21/h5-8H,4H2,1-3H3,(H,20,21). The summed E-state index contributed by atoms with van der Waals surface area (Å²) in [6.07, 6.45) is 2.14. The van der Waals surface area contributed by atoms with Gasteiger partial charge in [-0.2, -0.15) is 0 Å². The first-order chi connectivity index (χ1) is 10.9. The van der Waals surface area contributed by atoms with E-state index in [1.165, 1.54) is 36.1 Å². The number of hydrogen-bond donors (Lipinski definition) is 1. The van der Waals surface area contributed by atoms with Gasteiger partial charge in [-0.1, -0.05) is 13.0 Å². The molecule has 0 unspecified atom stereocenters. The second-order valence-electron chi connectivity index (χ2n) is 5.70. The number of carbonyl (C=O) groups is 1. The molecule has 3 aromatic heterocycles. The van der Waals surface area contributed by atoms with Gasteiger partial charge in [-0.05, 0) is 31.7 Å². The van der Waals surface area contributed by atoms with Crippen LogP contribution in [0.5, 0.6) is 0 Å². The smallest absolute Gasteiger partial charge is 0.329 e. The molecule has 7 heteroatoms. The maximum atomic E-state index is 13.0. The molecule has 0 radical (unpaired) electrons. The van der Waals surface area contributed by atoms with E-state index in [2.05, 4.69) is 4.98 Å². The summed E-state index contributed by atoms with van der Waals surface area (Å²) < 4.78 is 1.21. The summed E-state index contributed by atoms with van der Waals surface area (Å²) in [7, 11) is 0. The number of aryl methyl sites for hydroxylation is 1. The number of aromatic nitrogens is 2. The van der Waals surface area contributed by atoms with Gasteiger partial charge in [0.1, 0.15) is 16.7 Å². The Morgan fingerprint density at radius 3 is 2.74 bits per heavy atom. The number of carboxylic acids is 1. The van der Waals surface area contributed by atoms with Crippen LogP contribution < -0.4 is 5.56 Å². The largest absolute Gasteiger partial charge is 0.480 e. The monoisotopic (exact) mass is 348 g/mol. The van der Waals surface area contributed by atoms with Gasteiger partial charge in [0.05, 0.1) is 5.39 Å². The summed E-state index contributed by atoms with van der Waals surface area (Å²) in [5.74, 6) is -1.07. The summed E-state index contributed by atoms with van der Waals surface area (Å²) in [5, 5.41) is 11.9. The molecule has 0 aliphatic carbocycles. The van der Waals surface area contributed by atoms with Crippen LogP contribution in [0.2, 0.25) is 0 Å². The third-order valence-corrected chi connectivity index (χ3v) is 6.03. The summed E-state index contributed by atoms with van der Waals surface area (Å²) in [6, 6.07) is 3.92. The van der Waals surface area contributed by atoms with Gasteiger partial charge >= 0.3 is 5.97 Å². The van der Waals surface area contributed by atoms with Gasteiger partial charge in [0.2, 0.25) is 0 Å². The van der Waals surface area contributed by atoms with Crippen molar-refractivity contribution in [2.75, 3.05) is 0 Å². The van der Waals surface area contributed by atoms with E-state index in [1.54, 1.807) is 11.3 Å². The molecule has 120 valence electrons. The molecule has 1 N–H and O–H groups in total. The molecule has 0 aliphatic rings. The van der Waals surface area contributed by atoms with Crippen LogP contribution in [0.25, 0.3) is 20.7 Å². The van der Waals surface area contributed by atoms with Crippen LogP contribution in [0.1, 0.15) is 25.6 Å². The van der Waals surface area contributed by atoms with E-state index in [1.807, 2.05) is 24.4 Å². The summed E-state index contributed by atoms with van der Waals surface area (Å²) >= 11 is 3.07. The maximum absolute atomic E-state index is 13.0. The van der Waals surface area contributed by atoms with E-state index >= 15 is 0 Å². The highest BCUT2D eigenvalue weighted by Gasteiger charge is 2.32. The van der Waals surface area contributed by atoms with Crippen molar-refractivity contribution in [3.05, 3.63) is 39.1 Å². The lowest BCUT2D eigenvalue weighted by atomic mass is 10.1. The molecule has 0 aromatic carbocycles. The van der Waals surface area contributed by atoms with Crippen molar-refractivity contribution >= 4 is 38.9 Å². The summed E-state index contributed by atoms with van der Waals surface area (Å²) in [4.78, 5) is 31.6. The van der Waals surface area contributed by atoms with Gasteiger partial charge in [0.15, 0.2) is 0 Å².